The Morgan fingerprint density at radius 1 is 1.50 bits per heavy atom. The van der Waals surface area contributed by atoms with E-state index in [1.165, 1.54) is 6.07 Å². The molecule has 0 aliphatic carbocycles. The molecule has 1 aliphatic rings. The molecule has 0 amide bonds. The third-order valence-electron chi connectivity index (χ3n) is 3.34. The van der Waals surface area contributed by atoms with Gasteiger partial charge in [-0.3, -0.25) is 0 Å². The van der Waals surface area contributed by atoms with Crippen LogP contribution in [0.4, 0.5) is 4.39 Å². The Bertz CT molecular complexity index is 425. The van der Waals surface area contributed by atoms with Crippen molar-refractivity contribution in [3.05, 3.63) is 34.1 Å². The maximum Gasteiger partial charge on any atom is 0.129 e. The third kappa shape index (κ3) is 3.01. The first kappa shape index (κ1) is 14.2. The van der Waals surface area contributed by atoms with Gasteiger partial charge in [0.15, 0.2) is 0 Å². The number of benzene rings is 1. The van der Waals surface area contributed by atoms with Crippen molar-refractivity contribution in [1.29, 1.82) is 0 Å². The van der Waals surface area contributed by atoms with Crippen molar-refractivity contribution in [2.75, 3.05) is 12.3 Å². The summed E-state index contributed by atoms with van der Waals surface area (Å²) >= 11 is 7.81. The summed E-state index contributed by atoms with van der Waals surface area (Å²) < 4.78 is 14.0. The molecule has 0 saturated heterocycles. The van der Waals surface area contributed by atoms with E-state index in [4.69, 9.17) is 11.6 Å². The monoisotopic (exact) mass is 287 g/mol. The van der Waals surface area contributed by atoms with E-state index in [2.05, 4.69) is 19.2 Å². The second kappa shape index (κ2) is 6.27. The number of halogens is 2. The molecule has 18 heavy (non-hydrogen) atoms. The van der Waals surface area contributed by atoms with Gasteiger partial charge in [-0.05, 0) is 42.3 Å². The predicted octanol–water partition coefficient (Wildman–Crippen LogP) is 4.40. The highest BCUT2D eigenvalue weighted by Gasteiger charge is 2.26. The zero-order valence-electron chi connectivity index (χ0n) is 10.8. The Kier molecular flexibility index (Phi) is 4.93. The first-order chi connectivity index (χ1) is 8.63. The summed E-state index contributed by atoms with van der Waals surface area (Å²) in [7, 11) is 0. The lowest BCUT2D eigenvalue weighted by Gasteiger charge is -2.25. The Morgan fingerprint density at radius 3 is 3.00 bits per heavy atom. The molecule has 2 atom stereocenters. The fourth-order valence-corrected chi connectivity index (χ4v) is 3.82. The minimum Gasteiger partial charge on any atom is -0.310 e. The molecule has 0 bridgehead atoms. The second-order valence-electron chi connectivity index (χ2n) is 4.88. The highest BCUT2D eigenvalue weighted by Crippen LogP contribution is 2.37. The van der Waals surface area contributed by atoms with Gasteiger partial charge in [0.25, 0.3) is 0 Å². The molecule has 0 aromatic heterocycles. The topological polar surface area (TPSA) is 12.0 Å². The zero-order valence-corrected chi connectivity index (χ0v) is 12.4. The van der Waals surface area contributed by atoms with Crippen LogP contribution in [0.15, 0.2) is 12.1 Å². The van der Waals surface area contributed by atoms with Crippen molar-refractivity contribution in [2.45, 2.75) is 32.1 Å². The van der Waals surface area contributed by atoms with E-state index in [9.17, 15) is 4.39 Å². The van der Waals surface area contributed by atoms with Gasteiger partial charge < -0.3 is 5.32 Å². The second-order valence-corrected chi connectivity index (χ2v) is 6.35. The summed E-state index contributed by atoms with van der Waals surface area (Å²) in [5.41, 5.74) is 1.87. The van der Waals surface area contributed by atoms with Crippen LogP contribution in [-0.4, -0.2) is 12.3 Å². The highest BCUT2D eigenvalue weighted by atomic mass is 35.5. The van der Waals surface area contributed by atoms with Gasteiger partial charge in [-0.1, -0.05) is 25.4 Å². The molecule has 4 heteroatoms. The van der Waals surface area contributed by atoms with Gasteiger partial charge in [-0.15, -0.1) is 0 Å². The molecule has 1 nitrogen and oxygen atoms in total. The standard InChI is InChI=1S/C14H19ClFNS/c1-3-4-17-14-9(2)7-18-8-12-11(14)5-10(15)6-13(12)16/h5-6,9,14,17H,3-4,7-8H2,1-2H3. The quantitative estimate of drug-likeness (QED) is 0.884. The highest BCUT2D eigenvalue weighted by molar-refractivity contribution is 7.98. The molecule has 0 spiro atoms. The molecular formula is C14H19ClFNS. The molecule has 2 unspecified atom stereocenters. The Morgan fingerprint density at radius 2 is 2.28 bits per heavy atom. The van der Waals surface area contributed by atoms with Gasteiger partial charge >= 0.3 is 0 Å². The number of hydrogen-bond donors (Lipinski definition) is 1. The average molecular weight is 288 g/mol. The van der Waals surface area contributed by atoms with Gasteiger partial charge in [-0.2, -0.15) is 11.8 Å². The lowest BCUT2D eigenvalue weighted by atomic mass is 9.92. The van der Waals surface area contributed by atoms with Crippen molar-refractivity contribution in [1.82, 2.24) is 5.32 Å². The van der Waals surface area contributed by atoms with E-state index in [0.29, 0.717) is 10.9 Å². The first-order valence-corrected chi connectivity index (χ1v) is 7.95. The first-order valence-electron chi connectivity index (χ1n) is 6.42. The summed E-state index contributed by atoms with van der Waals surface area (Å²) in [5, 5.41) is 4.03. The van der Waals surface area contributed by atoms with Crippen LogP contribution >= 0.6 is 23.4 Å². The van der Waals surface area contributed by atoms with Gasteiger partial charge in [0.1, 0.15) is 5.82 Å². The molecule has 1 aliphatic heterocycles. The maximum atomic E-state index is 14.0. The van der Waals surface area contributed by atoms with Crippen LogP contribution in [0.5, 0.6) is 0 Å². The molecule has 1 aromatic rings. The van der Waals surface area contributed by atoms with E-state index in [1.54, 1.807) is 11.8 Å². The fraction of sp³-hybridized carbons (Fsp3) is 0.571. The van der Waals surface area contributed by atoms with Gasteiger partial charge in [0, 0.05) is 22.4 Å². The van der Waals surface area contributed by atoms with Crippen LogP contribution in [0.3, 0.4) is 0 Å². The van der Waals surface area contributed by atoms with Crippen molar-refractivity contribution in [3.63, 3.8) is 0 Å². The molecular weight excluding hydrogens is 269 g/mol. The van der Waals surface area contributed by atoms with Gasteiger partial charge in [0.05, 0.1) is 0 Å². The lowest BCUT2D eigenvalue weighted by molar-refractivity contribution is 0.417. The number of thioether (sulfide) groups is 1. The molecule has 1 aromatic carbocycles. The van der Waals surface area contributed by atoms with Crippen LogP contribution in [0.2, 0.25) is 5.02 Å². The number of rotatable bonds is 3. The third-order valence-corrected chi connectivity index (χ3v) is 4.81. The summed E-state index contributed by atoms with van der Waals surface area (Å²) in [4.78, 5) is 0. The van der Waals surface area contributed by atoms with E-state index in [-0.39, 0.29) is 11.9 Å². The molecule has 0 saturated carbocycles. The van der Waals surface area contributed by atoms with Gasteiger partial charge in [0.2, 0.25) is 0 Å². The summed E-state index contributed by atoms with van der Waals surface area (Å²) in [6.45, 7) is 5.31. The Hall–Kier alpha value is -0.250. The van der Waals surface area contributed by atoms with Crippen LogP contribution in [0, 0.1) is 11.7 Å². The normalized spacial score (nSPS) is 23.6. The molecule has 0 radical (unpaired) electrons. The maximum absolute atomic E-state index is 14.0. The molecule has 2 rings (SSSR count). The largest absolute Gasteiger partial charge is 0.310 e. The number of fused-ring (bicyclic) bond motifs is 1. The summed E-state index contributed by atoms with van der Waals surface area (Å²) in [6.07, 6.45) is 1.08. The minimum atomic E-state index is -0.164. The van der Waals surface area contributed by atoms with Gasteiger partial charge in [-0.25, -0.2) is 4.39 Å². The summed E-state index contributed by atoms with van der Waals surface area (Å²) in [6, 6.07) is 3.56. The van der Waals surface area contributed by atoms with E-state index >= 15 is 0 Å². The summed E-state index contributed by atoms with van der Waals surface area (Å²) in [5.74, 6) is 2.11. The molecule has 1 heterocycles. The predicted molar refractivity (Wildman–Crippen MR) is 77.8 cm³/mol. The molecule has 0 fully saturated rings. The molecule has 1 N–H and O–H groups in total. The average Bonchev–Trinajstić information content (AvgIpc) is 2.46. The van der Waals surface area contributed by atoms with Crippen LogP contribution in [0.25, 0.3) is 0 Å². The van der Waals surface area contributed by atoms with Crippen LogP contribution in [-0.2, 0) is 5.75 Å². The van der Waals surface area contributed by atoms with E-state index in [1.807, 2.05) is 6.07 Å². The number of nitrogens with one attached hydrogen (secondary N) is 1. The number of hydrogen-bond acceptors (Lipinski definition) is 2. The molecule has 100 valence electrons. The SMILES string of the molecule is CCCNC1c2cc(Cl)cc(F)c2CSCC1C. The Balaban J connectivity index is 2.40. The fourth-order valence-electron chi connectivity index (χ4n) is 2.41. The zero-order chi connectivity index (χ0) is 13.1. The smallest absolute Gasteiger partial charge is 0.129 e. The van der Waals surface area contributed by atoms with E-state index in [0.717, 1.165) is 35.6 Å². The van der Waals surface area contributed by atoms with Crippen LogP contribution in [0.1, 0.15) is 37.4 Å². The van der Waals surface area contributed by atoms with Crippen molar-refractivity contribution in [2.24, 2.45) is 5.92 Å². The lowest BCUT2D eigenvalue weighted by Crippen LogP contribution is -2.28. The van der Waals surface area contributed by atoms with Crippen molar-refractivity contribution < 1.29 is 4.39 Å². The van der Waals surface area contributed by atoms with E-state index < -0.39 is 0 Å². The van der Waals surface area contributed by atoms with Crippen molar-refractivity contribution >= 4 is 23.4 Å². The Labute approximate surface area is 117 Å². The minimum absolute atomic E-state index is 0.164. The van der Waals surface area contributed by atoms with Crippen molar-refractivity contribution in [3.8, 4) is 0 Å². The van der Waals surface area contributed by atoms with Crippen LogP contribution < -0.4 is 5.32 Å².